The largest absolute Gasteiger partial charge is 0.369 e. The summed E-state index contributed by atoms with van der Waals surface area (Å²) in [7, 11) is 0. The molecule has 112 valence electrons. The first-order chi connectivity index (χ1) is 10.1. The van der Waals surface area contributed by atoms with Crippen molar-refractivity contribution in [1.82, 2.24) is 10.6 Å². The van der Waals surface area contributed by atoms with Crippen molar-refractivity contribution in [1.29, 1.82) is 0 Å². The van der Waals surface area contributed by atoms with Crippen LogP contribution in [0.25, 0.3) is 0 Å². The number of hydrogen-bond acceptors (Lipinski definition) is 4. The lowest BCUT2D eigenvalue weighted by Crippen LogP contribution is -2.49. The summed E-state index contributed by atoms with van der Waals surface area (Å²) in [6.07, 6.45) is 0.293. The Balaban J connectivity index is 1.81. The van der Waals surface area contributed by atoms with Crippen LogP contribution in [0.2, 0.25) is 5.02 Å². The van der Waals surface area contributed by atoms with Crippen LogP contribution in [0.15, 0.2) is 18.2 Å². The molecule has 0 saturated carbocycles. The second-order valence-electron chi connectivity index (χ2n) is 5.13. The third-order valence-electron chi connectivity index (χ3n) is 3.76. The van der Waals surface area contributed by atoms with E-state index in [0.717, 1.165) is 31.9 Å². The normalized spacial score (nSPS) is 19.7. The van der Waals surface area contributed by atoms with Gasteiger partial charge in [-0.2, -0.15) is 0 Å². The number of rotatable bonds is 2. The molecule has 1 aromatic rings. The molecule has 3 amide bonds. The second-order valence-corrected chi connectivity index (χ2v) is 5.53. The zero-order chi connectivity index (χ0) is 14.8. The molecule has 6 nitrogen and oxygen atoms in total. The monoisotopic (exact) mass is 308 g/mol. The zero-order valence-corrected chi connectivity index (χ0v) is 12.3. The molecular weight excluding hydrogens is 292 g/mol. The molecule has 2 aliphatic rings. The van der Waals surface area contributed by atoms with Crippen molar-refractivity contribution < 1.29 is 9.59 Å². The summed E-state index contributed by atoms with van der Waals surface area (Å²) in [5, 5.41) is 6.13. The molecule has 1 aromatic carbocycles. The predicted octanol–water partition coefficient (Wildman–Crippen LogP) is 1.20. The van der Waals surface area contributed by atoms with Crippen molar-refractivity contribution in [2.24, 2.45) is 0 Å². The van der Waals surface area contributed by atoms with Crippen LogP contribution in [-0.4, -0.2) is 44.7 Å². The van der Waals surface area contributed by atoms with Crippen LogP contribution in [0.5, 0.6) is 0 Å². The van der Waals surface area contributed by atoms with E-state index in [0.29, 0.717) is 23.7 Å². The number of urea groups is 1. The molecule has 2 fully saturated rings. The minimum Gasteiger partial charge on any atom is -0.369 e. The number of halogens is 1. The first-order valence-corrected chi connectivity index (χ1v) is 7.39. The van der Waals surface area contributed by atoms with Crippen molar-refractivity contribution in [2.75, 3.05) is 42.5 Å². The third kappa shape index (κ3) is 2.96. The molecule has 7 heteroatoms. The van der Waals surface area contributed by atoms with E-state index in [-0.39, 0.29) is 5.91 Å². The topological polar surface area (TPSA) is 64.7 Å². The number of anilines is 2. The molecule has 21 heavy (non-hydrogen) atoms. The number of carbonyl (C=O) groups excluding carboxylic acids is 2. The van der Waals surface area contributed by atoms with Crippen LogP contribution in [0, 0.1) is 0 Å². The molecule has 2 N–H and O–H groups in total. The number of benzene rings is 1. The summed E-state index contributed by atoms with van der Waals surface area (Å²) in [6, 6.07) is 5.28. The van der Waals surface area contributed by atoms with Gasteiger partial charge in [0.2, 0.25) is 5.91 Å². The Labute approximate surface area is 128 Å². The van der Waals surface area contributed by atoms with Gasteiger partial charge >= 0.3 is 6.03 Å². The number of hydrogen-bond donors (Lipinski definition) is 2. The predicted molar refractivity (Wildman–Crippen MR) is 82.0 cm³/mol. The second kappa shape index (κ2) is 5.91. The number of nitrogens with zero attached hydrogens (tertiary/aromatic N) is 2. The van der Waals surface area contributed by atoms with Crippen LogP contribution in [0.3, 0.4) is 0 Å². The molecular formula is C14H17ClN4O2. The highest BCUT2D eigenvalue weighted by molar-refractivity contribution is 6.34. The molecule has 3 rings (SSSR count). The number of nitrogens with one attached hydrogen (secondary N) is 2. The number of amides is 3. The summed E-state index contributed by atoms with van der Waals surface area (Å²) in [4.78, 5) is 26.8. The smallest absolute Gasteiger partial charge is 0.328 e. The van der Waals surface area contributed by atoms with E-state index in [9.17, 15) is 9.59 Å². The highest BCUT2D eigenvalue weighted by Gasteiger charge is 2.26. The van der Waals surface area contributed by atoms with Gasteiger partial charge in [0, 0.05) is 44.8 Å². The summed E-state index contributed by atoms with van der Waals surface area (Å²) in [5.41, 5.74) is 1.69. The quantitative estimate of drug-likeness (QED) is 0.861. The first kappa shape index (κ1) is 14.2. The minimum absolute atomic E-state index is 0.246. The maximum atomic E-state index is 11.9. The van der Waals surface area contributed by atoms with Crippen LogP contribution in [0.1, 0.15) is 6.42 Å². The number of imide groups is 1. The minimum atomic E-state index is -0.414. The van der Waals surface area contributed by atoms with E-state index >= 15 is 0 Å². The fourth-order valence-electron chi connectivity index (χ4n) is 2.63. The van der Waals surface area contributed by atoms with Crippen LogP contribution in [-0.2, 0) is 4.79 Å². The van der Waals surface area contributed by atoms with Gasteiger partial charge < -0.3 is 10.2 Å². The van der Waals surface area contributed by atoms with Crippen molar-refractivity contribution in [3.63, 3.8) is 0 Å². The van der Waals surface area contributed by atoms with Crippen LogP contribution in [0.4, 0.5) is 16.2 Å². The summed E-state index contributed by atoms with van der Waals surface area (Å²) >= 11 is 6.33. The van der Waals surface area contributed by atoms with Crippen molar-refractivity contribution in [3.8, 4) is 0 Å². The molecule has 0 aliphatic carbocycles. The molecule has 0 spiro atoms. The lowest BCUT2D eigenvalue weighted by molar-refractivity contribution is -0.120. The van der Waals surface area contributed by atoms with E-state index < -0.39 is 6.03 Å². The Morgan fingerprint density at radius 1 is 1.10 bits per heavy atom. The SMILES string of the molecule is O=C1CCN(c2ccc(N3CCNCC3)cc2Cl)C(=O)N1. The third-order valence-corrected chi connectivity index (χ3v) is 4.06. The fourth-order valence-corrected chi connectivity index (χ4v) is 2.91. The van der Waals surface area contributed by atoms with Gasteiger partial charge in [0.1, 0.15) is 0 Å². The maximum absolute atomic E-state index is 11.9. The lowest BCUT2D eigenvalue weighted by atomic mass is 10.2. The Hall–Kier alpha value is -1.79. The van der Waals surface area contributed by atoms with E-state index in [1.54, 1.807) is 0 Å². The molecule has 0 unspecified atom stereocenters. The molecule has 0 bridgehead atoms. The number of piperazine rings is 1. The highest BCUT2D eigenvalue weighted by Crippen LogP contribution is 2.31. The van der Waals surface area contributed by atoms with Gasteiger partial charge in [-0.05, 0) is 18.2 Å². The molecule has 0 atom stereocenters. The van der Waals surface area contributed by atoms with Crippen LogP contribution < -0.4 is 20.4 Å². The van der Waals surface area contributed by atoms with Crippen LogP contribution >= 0.6 is 11.6 Å². The Kier molecular flexibility index (Phi) is 3.98. The molecule has 2 aliphatic heterocycles. The molecule has 2 heterocycles. The van der Waals surface area contributed by atoms with E-state index in [1.807, 2.05) is 18.2 Å². The average molecular weight is 309 g/mol. The summed E-state index contributed by atoms with van der Waals surface area (Å²) in [5.74, 6) is -0.246. The van der Waals surface area contributed by atoms with E-state index in [4.69, 9.17) is 11.6 Å². The van der Waals surface area contributed by atoms with Gasteiger partial charge in [-0.15, -0.1) is 0 Å². The molecule has 0 radical (unpaired) electrons. The van der Waals surface area contributed by atoms with E-state index in [2.05, 4.69) is 15.5 Å². The standard InChI is InChI=1S/C14H17ClN4O2/c15-11-9-10(18-7-4-16-5-8-18)1-2-12(11)19-6-3-13(20)17-14(19)21/h1-2,9,16H,3-8H2,(H,17,20,21). The lowest BCUT2D eigenvalue weighted by Gasteiger charge is -2.31. The number of carbonyl (C=O) groups is 2. The van der Waals surface area contributed by atoms with Gasteiger partial charge in [0.25, 0.3) is 0 Å². The van der Waals surface area contributed by atoms with Gasteiger partial charge in [-0.3, -0.25) is 15.0 Å². The average Bonchev–Trinajstić information content (AvgIpc) is 2.49. The Morgan fingerprint density at radius 2 is 1.86 bits per heavy atom. The van der Waals surface area contributed by atoms with Crippen molar-refractivity contribution in [2.45, 2.75) is 6.42 Å². The van der Waals surface area contributed by atoms with Crippen molar-refractivity contribution in [3.05, 3.63) is 23.2 Å². The zero-order valence-electron chi connectivity index (χ0n) is 11.6. The Morgan fingerprint density at radius 3 is 2.52 bits per heavy atom. The highest BCUT2D eigenvalue weighted by atomic mass is 35.5. The summed E-state index contributed by atoms with van der Waals surface area (Å²) in [6.45, 7) is 4.14. The van der Waals surface area contributed by atoms with Gasteiger partial charge in [-0.1, -0.05) is 11.6 Å². The maximum Gasteiger partial charge on any atom is 0.328 e. The van der Waals surface area contributed by atoms with Crippen molar-refractivity contribution >= 4 is 34.9 Å². The fraction of sp³-hybridized carbons (Fsp3) is 0.429. The molecule has 2 saturated heterocycles. The summed E-state index contributed by atoms with van der Waals surface area (Å²) < 4.78 is 0. The van der Waals surface area contributed by atoms with Gasteiger partial charge in [-0.25, -0.2) is 4.79 Å². The van der Waals surface area contributed by atoms with E-state index in [1.165, 1.54) is 4.90 Å². The molecule has 0 aromatic heterocycles. The first-order valence-electron chi connectivity index (χ1n) is 7.02. The Bertz CT molecular complexity index is 572. The van der Waals surface area contributed by atoms with Gasteiger partial charge in [0.15, 0.2) is 0 Å². The van der Waals surface area contributed by atoms with Gasteiger partial charge in [0.05, 0.1) is 10.7 Å².